The lowest BCUT2D eigenvalue weighted by Crippen LogP contribution is -2.22. The van der Waals surface area contributed by atoms with Crippen LogP contribution in [-0.2, 0) is 13.1 Å². The summed E-state index contributed by atoms with van der Waals surface area (Å²) in [5.41, 5.74) is 1.31. The highest BCUT2D eigenvalue weighted by molar-refractivity contribution is 5.16. The number of furan rings is 1. The second-order valence-electron chi connectivity index (χ2n) is 5.49. The van der Waals surface area contributed by atoms with Crippen LogP contribution in [0.4, 0.5) is 0 Å². The smallest absolute Gasteiger partial charge is 0.122 e. The molecule has 0 aliphatic rings. The molecule has 0 radical (unpaired) electrons. The number of nitrogens with zero attached hydrogens (tertiary/aromatic N) is 1. The Morgan fingerprint density at radius 3 is 2.83 bits per heavy atom. The van der Waals surface area contributed by atoms with Gasteiger partial charge in [0.2, 0.25) is 0 Å². The molecule has 0 bridgehead atoms. The molecule has 1 aromatic heterocycles. The zero-order valence-corrected chi connectivity index (χ0v) is 12.3. The Morgan fingerprint density at radius 1 is 1.39 bits per heavy atom. The number of nitrogens with one attached hydrogen (secondary N) is 1. The van der Waals surface area contributed by atoms with Gasteiger partial charge in [0, 0.05) is 12.1 Å². The Bertz CT molecular complexity index is 320. The van der Waals surface area contributed by atoms with Crippen molar-refractivity contribution in [1.29, 1.82) is 0 Å². The molecule has 0 saturated heterocycles. The molecule has 18 heavy (non-hydrogen) atoms. The van der Waals surface area contributed by atoms with Crippen molar-refractivity contribution in [3.05, 3.63) is 23.7 Å². The van der Waals surface area contributed by atoms with E-state index in [0.717, 1.165) is 31.9 Å². The molecule has 0 unspecified atom stereocenters. The standard InChI is InChI=1S/C15H28N2O/c1-5-6-8-17(4)12-14-7-9-18-15(14)11-16-10-13(2)3/h7,9,13,16H,5-6,8,10-12H2,1-4H3. The molecule has 0 amide bonds. The van der Waals surface area contributed by atoms with Gasteiger partial charge >= 0.3 is 0 Å². The maximum atomic E-state index is 5.56. The quantitative estimate of drug-likeness (QED) is 0.731. The topological polar surface area (TPSA) is 28.4 Å². The molecule has 3 heteroatoms. The summed E-state index contributed by atoms with van der Waals surface area (Å²) in [4.78, 5) is 2.36. The van der Waals surface area contributed by atoms with Gasteiger partial charge in [0.25, 0.3) is 0 Å². The molecule has 0 spiro atoms. The van der Waals surface area contributed by atoms with E-state index in [-0.39, 0.29) is 0 Å². The molecule has 1 N–H and O–H groups in total. The van der Waals surface area contributed by atoms with Crippen LogP contribution in [0.25, 0.3) is 0 Å². The van der Waals surface area contributed by atoms with Crippen LogP contribution in [0, 0.1) is 5.92 Å². The van der Waals surface area contributed by atoms with Gasteiger partial charge in [0.05, 0.1) is 12.8 Å². The SMILES string of the molecule is CCCCN(C)Cc1ccoc1CNCC(C)C. The van der Waals surface area contributed by atoms with E-state index in [2.05, 4.69) is 44.1 Å². The Labute approximate surface area is 112 Å². The van der Waals surface area contributed by atoms with Gasteiger partial charge in [-0.1, -0.05) is 27.2 Å². The third-order valence-corrected chi connectivity index (χ3v) is 3.01. The molecule has 0 aliphatic carbocycles. The fraction of sp³-hybridized carbons (Fsp3) is 0.733. The number of hydrogen-bond acceptors (Lipinski definition) is 3. The highest BCUT2D eigenvalue weighted by Gasteiger charge is 2.08. The zero-order chi connectivity index (χ0) is 13.4. The largest absolute Gasteiger partial charge is 0.468 e. The molecule has 1 rings (SSSR count). The van der Waals surface area contributed by atoms with Crippen LogP contribution >= 0.6 is 0 Å². The lowest BCUT2D eigenvalue weighted by atomic mass is 10.2. The molecular formula is C15H28N2O. The first-order valence-corrected chi connectivity index (χ1v) is 7.08. The predicted octanol–water partition coefficient (Wildman–Crippen LogP) is 3.26. The maximum absolute atomic E-state index is 5.56. The van der Waals surface area contributed by atoms with Crippen LogP contribution in [0.3, 0.4) is 0 Å². The summed E-state index contributed by atoms with van der Waals surface area (Å²) in [5.74, 6) is 1.76. The van der Waals surface area contributed by atoms with E-state index in [1.54, 1.807) is 6.26 Å². The molecule has 3 nitrogen and oxygen atoms in total. The van der Waals surface area contributed by atoms with E-state index in [4.69, 9.17) is 4.42 Å². The van der Waals surface area contributed by atoms with Gasteiger partial charge in [0.1, 0.15) is 5.76 Å². The molecule has 0 saturated carbocycles. The summed E-state index contributed by atoms with van der Waals surface area (Å²) in [6.07, 6.45) is 4.31. The van der Waals surface area contributed by atoms with Crippen molar-refractivity contribution in [1.82, 2.24) is 10.2 Å². The fourth-order valence-electron chi connectivity index (χ4n) is 1.94. The Balaban J connectivity index is 2.39. The normalized spacial score (nSPS) is 11.7. The van der Waals surface area contributed by atoms with E-state index in [0.29, 0.717) is 5.92 Å². The average molecular weight is 252 g/mol. The van der Waals surface area contributed by atoms with E-state index in [1.165, 1.54) is 18.4 Å². The highest BCUT2D eigenvalue weighted by Crippen LogP contribution is 2.13. The average Bonchev–Trinajstić information content (AvgIpc) is 2.73. The van der Waals surface area contributed by atoms with Crippen molar-refractivity contribution >= 4 is 0 Å². The van der Waals surface area contributed by atoms with Crippen molar-refractivity contribution in [2.24, 2.45) is 5.92 Å². The van der Waals surface area contributed by atoms with E-state index in [1.807, 2.05) is 0 Å². The minimum Gasteiger partial charge on any atom is -0.468 e. The summed E-state index contributed by atoms with van der Waals surface area (Å²) in [5, 5.41) is 3.43. The van der Waals surface area contributed by atoms with Crippen LogP contribution in [0.5, 0.6) is 0 Å². The van der Waals surface area contributed by atoms with Crippen LogP contribution in [0.15, 0.2) is 16.7 Å². The molecule has 0 fully saturated rings. The van der Waals surface area contributed by atoms with Gasteiger partial charge < -0.3 is 14.6 Å². The molecule has 0 aliphatic heterocycles. The van der Waals surface area contributed by atoms with Crippen molar-refractivity contribution in [2.75, 3.05) is 20.1 Å². The van der Waals surface area contributed by atoms with Crippen molar-refractivity contribution < 1.29 is 4.42 Å². The lowest BCUT2D eigenvalue weighted by Gasteiger charge is -2.16. The number of hydrogen-bond donors (Lipinski definition) is 1. The van der Waals surface area contributed by atoms with Crippen molar-refractivity contribution in [3.63, 3.8) is 0 Å². The Morgan fingerprint density at radius 2 is 2.17 bits per heavy atom. The maximum Gasteiger partial charge on any atom is 0.122 e. The second kappa shape index (κ2) is 8.33. The summed E-state index contributed by atoms with van der Waals surface area (Å²) in [7, 11) is 2.17. The van der Waals surface area contributed by atoms with Crippen LogP contribution < -0.4 is 5.32 Å². The minimum absolute atomic E-state index is 0.677. The molecule has 104 valence electrons. The summed E-state index contributed by atoms with van der Waals surface area (Å²) in [6.45, 7) is 10.7. The fourth-order valence-corrected chi connectivity index (χ4v) is 1.94. The van der Waals surface area contributed by atoms with Crippen LogP contribution in [0.1, 0.15) is 44.9 Å². The first-order chi connectivity index (χ1) is 8.63. The lowest BCUT2D eigenvalue weighted by molar-refractivity contribution is 0.316. The number of unbranched alkanes of at least 4 members (excludes halogenated alkanes) is 1. The predicted molar refractivity (Wildman–Crippen MR) is 76.5 cm³/mol. The minimum atomic E-state index is 0.677. The molecule has 0 atom stereocenters. The summed E-state index contributed by atoms with van der Waals surface area (Å²) >= 11 is 0. The molecule has 1 heterocycles. The monoisotopic (exact) mass is 252 g/mol. The van der Waals surface area contributed by atoms with Crippen LogP contribution in [-0.4, -0.2) is 25.0 Å². The second-order valence-corrected chi connectivity index (χ2v) is 5.49. The number of rotatable bonds is 9. The summed E-state index contributed by atoms with van der Waals surface area (Å²) < 4.78 is 5.56. The van der Waals surface area contributed by atoms with Gasteiger partial charge in [-0.25, -0.2) is 0 Å². The van der Waals surface area contributed by atoms with Crippen molar-refractivity contribution in [3.8, 4) is 0 Å². The first kappa shape index (κ1) is 15.3. The summed E-state index contributed by atoms with van der Waals surface area (Å²) in [6, 6.07) is 2.09. The first-order valence-electron chi connectivity index (χ1n) is 7.08. The van der Waals surface area contributed by atoms with Gasteiger partial charge in [-0.05, 0) is 38.5 Å². The third kappa shape index (κ3) is 5.69. The highest BCUT2D eigenvalue weighted by atomic mass is 16.3. The molecular weight excluding hydrogens is 224 g/mol. The third-order valence-electron chi connectivity index (χ3n) is 3.01. The van der Waals surface area contributed by atoms with E-state index < -0.39 is 0 Å². The Hall–Kier alpha value is -0.800. The van der Waals surface area contributed by atoms with Crippen molar-refractivity contribution in [2.45, 2.75) is 46.7 Å². The van der Waals surface area contributed by atoms with Crippen LogP contribution in [0.2, 0.25) is 0 Å². The van der Waals surface area contributed by atoms with Gasteiger partial charge in [-0.2, -0.15) is 0 Å². The zero-order valence-electron chi connectivity index (χ0n) is 12.3. The van der Waals surface area contributed by atoms with E-state index >= 15 is 0 Å². The Kier molecular flexibility index (Phi) is 7.06. The van der Waals surface area contributed by atoms with Gasteiger partial charge in [0.15, 0.2) is 0 Å². The van der Waals surface area contributed by atoms with E-state index in [9.17, 15) is 0 Å². The molecule has 1 aromatic rings. The molecule has 0 aromatic carbocycles. The van der Waals surface area contributed by atoms with Gasteiger partial charge in [-0.3, -0.25) is 0 Å². The van der Waals surface area contributed by atoms with Gasteiger partial charge in [-0.15, -0.1) is 0 Å².